The summed E-state index contributed by atoms with van der Waals surface area (Å²) in [5, 5.41) is 11.0. The van der Waals surface area contributed by atoms with Gasteiger partial charge in [0.1, 0.15) is 5.75 Å². The van der Waals surface area contributed by atoms with Gasteiger partial charge in [0.05, 0.1) is 17.1 Å². The Labute approximate surface area is 127 Å². The van der Waals surface area contributed by atoms with Crippen LogP contribution in [0.15, 0.2) is 48.5 Å². The Morgan fingerprint density at radius 2 is 1.91 bits per heavy atom. The molecule has 3 rings (SSSR count). The van der Waals surface area contributed by atoms with Gasteiger partial charge in [-0.15, -0.1) is 0 Å². The van der Waals surface area contributed by atoms with Gasteiger partial charge >= 0.3 is 0 Å². The lowest BCUT2D eigenvalue weighted by molar-refractivity contribution is -0.384. The smallest absolute Gasteiger partial charge is 0.270 e. The van der Waals surface area contributed by atoms with E-state index in [0.29, 0.717) is 23.8 Å². The predicted molar refractivity (Wildman–Crippen MR) is 81.2 cm³/mol. The Morgan fingerprint density at radius 1 is 1.18 bits per heavy atom. The summed E-state index contributed by atoms with van der Waals surface area (Å²) in [6.07, 6.45) is 2.27. The van der Waals surface area contributed by atoms with Crippen molar-refractivity contribution in [3.05, 3.63) is 69.8 Å². The first kappa shape index (κ1) is 14.3. The lowest BCUT2D eigenvalue weighted by Crippen LogP contribution is -2.08. The van der Waals surface area contributed by atoms with Crippen LogP contribution < -0.4 is 4.74 Å². The summed E-state index contributed by atoms with van der Waals surface area (Å²) in [4.78, 5) is 23.0. The molecule has 5 heteroatoms. The second-order valence-electron chi connectivity index (χ2n) is 5.39. The average molecular weight is 297 g/mol. The average Bonchev–Trinajstić information content (AvgIpc) is 3.37. The molecule has 0 atom stereocenters. The van der Waals surface area contributed by atoms with E-state index < -0.39 is 4.92 Å². The highest BCUT2D eigenvalue weighted by Gasteiger charge is 2.24. The first-order valence-corrected chi connectivity index (χ1v) is 7.16. The Morgan fingerprint density at radius 3 is 2.55 bits per heavy atom. The van der Waals surface area contributed by atoms with Crippen LogP contribution in [0.3, 0.4) is 0 Å². The van der Waals surface area contributed by atoms with Gasteiger partial charge in [0.2, 0.25) is 0 Å². The van der Waals surface area contributed by atoms with Crippen molar-refractivity contribution in [2.24, 2.45) is 5.92 Å². The van der Waals surface area contributed by atoms with Crippen molar-refractivity contribution in [3.8, 4) is 5.75 Å². The summed E-state index contributed by atoms with van der Waals surface area (Å²) in [7, 11) is 0. The van der Waals surface area contributed by atoms with E-state index in [1.54, 1.807) is 24.3 Å². The number of ether oxygens (including phenoxy) is 1. The van der Waals surface area contributed by atoms with Crippen molar-refractivity contribution in [2.45, 2.75) is 12.8 Å². The monoisotopic (exact) mass is 297 g/mol. The van der Waals surface area contributed by atoms with Gasteiger partial charge in [-0.05, 0) is 24.8 Å². The minimum absolute atomic E-state index is 0.113. The summed E-state index contributed by atoms with van der Waals surface area (Å²) in [6.45, 7) is 0.548. The van der Waals surface area contributed by atoms with Crippen LogP contribution in [0.4, 0.5) is 5.69 Å². The highest BCUT2D eigenvalue weighted by molar-refractivity contribution is 6.11. The highest BCUT2D eigenvalue weighted by atomic mass is 16.6. The molecule has 0 aromatic heterocycles. The first-order chi connectivity index (χ1) is 10.6. The van der Waals surface area contributed by atoms with E-state index in [0.717, 1.165) is 12.8 Å². The maximum absolute atomic E-state index is 12.6. The minimum Gasteiger partial charge on any atom is -0.493 e. The first-order valence-electron chi connectivity index (χ1n) is 7.16. The Hall–Kier alpha value is -2.69. The Kier molecular flexibility index (Phi) is 3.87. The lowest BCUT2D eigenvalue weighted by atomic mass is 10.0. The molecule has 1 aliphatic rings. The maximum atomic E-state index is 12.6. The van der Waals surface area contributed by atoms with Gasteiger partial charge in [0.15, 0.2) is 5.78 Å². The van der Waals surface area contributed by atoms with Crippen molar-refractivity contribution < 1.29 is 14.5 Å². The van der Waals surface area contributed by atoms with E-state index in [2.05, 4.69) is 0 Å². The van der Waals surface area contributed by atoms with Crippen molar-refractivity contribution in [2.75, 3.05) is 6.61 Å². The molecule has 2 aromatic carbocycles. The largest absolute Gasteiger partial charge is 0.493 e. The van der Waals surface area contributed by atoms with E-state index in [1.165, 1.54) is 18.2 Å². The standard InChI is InChI=1S/C17H15NO4/c19-17(13-4-2-1-3-5-13)15-10-14(18(20)21)8-9-16(15)22-11-12-6-7-12/h1-5,8-10,12H,6-7,11H2. The van der Waals surface area contributed by atoms with Gasteiger partial charge in [0, 0.05) is 17.7 Å². The molecule has 0 N–H and O–H groups in total. The van der Waals surface area contributed by atoms with Crippen LogP contribution in [0, 0.1) is 16.0 Å². The summed E-state index contributed by atoms with van der Waals surface area (Å²) in [5.74, 6) is 0.677. The molecule has 0 saturated heterocycles. The van der Waals surface area contributed by atoms with Gasteiger partial charge in [-0.1, -0.05) is 30.3 Å². The van der Waals surface area contributed by atoms with Crippen LogP contribution in [0.5, 0.6) is 5.75 Å². The number of nitrogens with zero attached hydrogens (tertiary/aromatic N) is 1. The van der Waals surface area contributed by atoms with Crippen molar-refractivity contribution in [1.29, 1.82) is 0 Å². The molecule has 1 fully saturated rings. The number of carbonyl (C=O) groups is 1. The van der Waals surface area contributed by atoms with E-state index in [1.807, 2.05) is 6.07 Å². The normalized spacial score (nSPS) is 13.6. The number of rotatable bonds is 6. The zero-order valence-electron chi connectivity index (χ0n) is 11.9. The second kappa shape index (κ2) is 5.97. The molecule has 0 radical (unpaired) electrons. The number of non-ortho nitro benzene ring substituents is 1. The lowest BCUT2D eigenvalue weighted by Gasteiger charge is -2.10. The van der Waals surface area contributed by atoms with Crippen LogP contribution in [0.25, 0.3) is 0 Å². The molecule has 0 heterocycles. The van der Waals surface area contributed by atoms with Gasteiger partial charge in [-0.3, -0.25) is 14.9 Å². The third-order valence-corrected chi connectivity index (χ3v) is 3.63. The molecule has 0 unspecified atom stereocenters. The summed E-state index contributed by atoms with van der Waals surface area (Å²) in [5.41, 5.74) is 0.610. The minimum atomic E-state index is -0.507. The number of ketones is 1. The molecule has 112 valence electrons. The van der Waals surface area contributed by atoms with Gasteiger partial charge < -0.3 is 4.74 Å². The summed E-state index contributed by atoms with van der Waals surface area (Å²) >= 11 is 0. The molecule has 1 saturated carbocycles. The quantitative estimate of drug-likeness (QED) is 0.464. The number of carbonyl (C=O) groups excluding carboxylic acids is 1. The Bertz CT molecular complexity index is 708. The van der Waals surface area contributed by atoms with Gasteiger partial charge in [-0.25, -0.2) is 0 Å². The zero-order valence-corrected chi connectivity index (χ0v) is 11.9. The summed E-state index contributed by atoms with van der Waals surface area (Å²) in [6, 6.07) is 12.9. The molecule has 0 aliphatic heterocycles. The van der Waals surface area contributed by atoms with E-state index in [4.69, 9.17) is 4.74 Å². The third kappa shape index (κ3) is 3.14. The number of benzene rings is 2. The fourth-order valence-electron chi connectivity index (χ4n) is 2.17. The highest BCUT2D eigenvalue weighted by Crippen LogP contribution is 2.32. The summed E-state index contributed by atoms with van der Waals surface area (Å²) < 4.78 is 5.69. The van der Waals surface area contributed by atoms with Crippen LogP contribution >= 0.6 is 0 Å². The number of nitro benzene ring substituents is 1. The molecular formula is C17H15NO4. The maximum Gasteiger partial charge on any atom is 0.270 e. The van der Waals surface area contributed by atoms with Gasteiger partial charge in [0.25, 0.3) is 5.69 Å². The fraction of sp³-hybridized carbons (Fsp3) is 0.235. The van der Waals surface area contributed by atoms with Crippen LogP contribution in [-0.4, -0.2) is 17.3 Å². The topological polar surface area (TPSA) is 69.4 Å². The molecule has 5 nitrogen and oxygen atoms in total. The second-order valence-corrected chi connectivity index (χ2v) is 5.39. The van der Waals surface area contributed by atoms with E-state index in [9.17, 15) is 14.9 Å². The van der Waals surface area contributed by atoms with Crippen molar-refractivity contribution in [1.82, 2.24) is 0 Å². The van der Waals surface area contributed by atoms with Crippen LogP contribution in [0.1, 0.15) is 28.8 Å². The molecule has 22 heavy (non-hydrogen) atoms. The third-order valence-electron chi connectivity index (χ3n) is 3.63. The van der Waals surface area contributed by atoms with Crippen molar-refractivity contribution in [3.63, 3.8) is 0 Å². The van der Waals surface area contributed by atoms with E-state index >= 15 is 0 Å². The molecule has 0 amide bonds. The molecule has 2 aromatic rings. The molecule has 1 aliphatic carbocycles. The molecule has 0 spiro atoms. The number of hydrogen-bond acceptors (Lipinski definition) is 4. The SMILES string of the molecule is O=C(c1ccccc1)c1cc([N+](=O)[O-])ccc1OCC1CC1. The van der Waals surface area contributed by atoms with E-state index in [-0.39, 0.29) is 17.0 Å². The Balaban J connectivity index is 1.95. The van der Waals surface area contributed by atoms with Gasteiger partial charge in [-0.2, -0.15) is 0 Å². The predicted octanol–water partition coefficient (Wildman–Crippen LogP) is 3.61. The van der Waals surface area contributed by atoms with Crippen molar-refractivity contribution >= 4 is 11.5 Å². The van der Waals surface area contributed by atoms with Crippen LogP contribution in [-0.2, 0) is 0 Å². The number of hydrogen-bond donors (Lipinski definition) is 0. The number of nitro groups is 1. The molecule has 0 bridgehead atoms. The van der Waals surface area contributed by atoms with Crippen LogP contribution in [0.2, 0.25) is 0 Å². The molecular weight excluding hydrogens is 282 g/mol. The zero-order chi connectivity index (χ0) is 15.5. The fourth-order valence-corrected chi connectivity index (χ4v) is 2.17.